The summed E-state index contributed by atoms with van der Waals surface area (Å²) in [6, 6.07) is -2.30. The summed E-state index contributed by atoms with van der Waals surface area (Å²) in [5.41, 5.74) is 9.77. The van der Waals surface area contributed by atoms with E-state index in [2.05, 4.69) is 26.6 Å². The van der Waals surface area contributed by atoms with Crippen LogP contribution in [0.4, 0.5) is 9.59 Å². The molecule has 19 heteroatoms. The van der Waals surface area contributed by atoms with Gasteiger partial charge in [0, 0.05) is 38.6 Å². The van der Waals surface area contributed by atoms with Crippen LogP contribution in [0.1, 0.15) is 47.0 Å². The van der Waals surface area contributed by atoms with Gasteiger partial charge in [-0.15, -0.1) is 0 Å². The fraction of sp³-hybridized carbons (Fsp3) is 0.786. The Labute approximate surface area is 279 Å². The Balaban J connectivity index is 4.52. The van der Waals surface area contributed by atoms with Gasteiger partial charge in [-0.3, -0.25) is 19.2 Å². The maximum atomic E-state index is 12.5. The van der Waals surface area contributed by atoms with E-state index in [4.69, 9.17) is 30.4 Å². The molecule has 0 spiro atoms. The van der Waals surface area contributed by atoms with Crippen molar-refractivity contribution in [3.63, 3.8) is 0 Å². The summed E-state index contributed by atoms with van der Waals surface area (Å²) in [5, 5.41) is 21.7. The minimum absolute atomic E-state index is 0.0787. The average molecular weight is 696 g/mol. The van der Waals surface area contributed by atoms with E-state index in [0.717, 1.165) is 11.8 Å². The van der Waals surface area contributed by atoms with Crippen LogP contribution in [-0.2, 0) is 38.1 Å². The molecule has 10 N–H and O–H groups in total. The maximum absolute atomic E-state index is 12.5. The summed E-state index contributed by atoms with van der Waals surface area (Å²) in [6.45, 7) is 6.93. The lowest BCUT2D eigenvalue weighted by molar-refractivity contribution is -0.130. The van der Waals surface area contributed by atoms with Crippen LogP contribution >= 0.6 is 11.8 Å². The molecule has 0 aliphatic rings. The summed E-state index contributed by atoms with van der Waals surface area (Å²) in [6.07, 6.45) is -1.11. The van der Waals surface area contributed by atoms with Gasteiger partial charge in [0.2, 0.25) is 23.6 Å². The Morgan fingerprint density at radius 2 is 1.47 bits per heavy atom. The van der Waals surface area contributed by atoms with Crippen LogP contribution in [0.3, 0.4) is 0 Å². The zero-order valence-electron chi connectivity index (χ0n) is 28.1. The predicted octanol–water partition coefficient (Wildman–Crippen LogP) is -1.92. The first kappa shape index (κ1) is 43.6. The molecule has 0 bridgehead atoms. The molecule has 0 aromatic carbocycles. The van der Waals surface area contributed by atoms with E-state index in [1.807, 2.05) is 27.7 Å². The number of carbonyl (C=O) groups is 6. The summed E-state index contributed by atoms with van der Waals surface area (Å²) < 4.78 is 21.9. The van der Waals surface area contributed by atoms with Crippen molar-refractivity contribution in [2.75, 3.05) is 65.1 Å². The molecule has 0 fully saturated rings. The summed E-state index contributed by atoms with van der Waals surface area (Å²) in [5.74, 6) is -1.97. The number of hydrogen-bond acceptors (Lipinski definition) is 13. The average Bonchev–Trinajstić information content (AvgIpc) is 3.01. The molecule has 0 radical (unpaired) electrons. The highest BCUT2D eigenvalue weighted by molar-refractivity contribution is 7.99. The number of nitrogens with two attached hydrogens (primary N) is 2. The van der Waals surface area contributed by atoms with E-state index in [1.165, 1.54) is 14.1 Å². The van der Waals surface area contributed by atoms with Crippen molar-refractivity contribution in [2.45, 2.75) is 76.3 Å². The van der Waals surface area contributed by atoms with Crippen LogP contribution in [0, 0.1) is 0 Å². The molecule has 3 atom stereocenters. The third kappa shape index (κ3) is 21.9. The summed E-state index contributed by atoms with van der Waals surface area (Å²) in [7, 11) is 2.75. The molecule has 0 aliphatic carbocycles. The molecule has 0 heterocycles. The third-order valence-electron chi connectivity index (χ3n) is 6.34. The summed E-state index contributed by atoms with van der Waals surface area (Å²) >= 11 is 1.16. The molecular weight excluding hydrogens is 642 g/mol. The highest BCUT2D eigenvalue weighted by atomic mass is 32.2. The van der Waals surface area contributed by atoms with Gasteiger partial charge in [-0.05, 0) is 40.5 Å². The number of aliphatic hydroxyl groups excluding tert-OH is 1. The van der Waals surface area contributed by atoms with Gasteiger partial charge in [0.25, 0.3) is 0 Å². The van der Waals surface area contributed by atoms with Gasteiger partial charge in [0.15, 0.2) is 0 Å². The minimum atomic E-state index is -1.25. The Bertz CT molecular complexity index is 1020. The quantitative estimate of drug-likeness (QED) is 0.0513. The highest BCUT2D eigenvalue weighted by Crippen LogP contribution is 2.20. The molecule has 18 nitrogen and oxygen atoms in total. The maximum Gasteiger partial charge on any atom is 0.407 e. The third-order valence-corrected chi connectivity index (χ3v) is 7.54. The van der Waals surface area contributed by atoms with Crippen LogP contribution in [0.5, 0.6) is 0 Å². The molecule has 0 unspecified atom stereocenters. The van der Waals surface area contributed by atoms with Gasteiger partial charge < -0.3 is 62.1 Å². The zero-order valence-corrected chi connectivity index (χ0v) is 28.9. The monoisotopic (exact) mass is 695 g/mol. The number of hydrogen-bond donors (Lipinski definition) is 8. The van der Waals surface area contributed by atoms with E-state index < -0.39 is 65.9 Å². The number of alkyl carbamates (subject to hydrolysis) is 2. The highest BCUT2D eigenvalue weighted by Gasteiger charge is 2.26. The zero-order chi connectivity index (χ0) is 36.0. The van der Waals surface area contributed by atoms with Crippen molar-refractivity contribution in [3.05, 3.63) is 0 Å². The number of amides is 6. The Kier molecular flexibility index (Phi) is 21.4. The van der Waals surface area contributed by atoms with Crippen LogP contribution in [0.25, 0.3) is 0 Å². The lowest BCUT2D eigenvalue weighted by Crippen LogP contribution is -2.54. The lowest BCUT2D eigenvalue weighted by atomic mass is 10.0. The molecule has 0 aromatic heterocycles. The van der Waals surface area contributed by atoms with Crippen LogP contribution in [-0.4, -0.2) is 135 Å². The van der Waals surface area contributed by atoms with Crippen molar-refractivity contribution in [1.82, 2.24) is 26.6 Å². The van der Waals surface area contributed by atoms with Gasteiger partial charge >= 0.3 is 12.2 Å². The number of primary amides is 1. The van der Waals surface area contributed by atoms with Gasteiger partial charge in [-0.2, -0.15) is 11.8 Å². The molecular formula is C28H53N7O11S. The van der Waals surface area contributed by atoms with Crippen LogP contribution in [0.15, 0.2) is 0 Å². The second-order valence-electron chi connectivity index (χ2n) is 11.5. The van der Waals surface area contributed by atoms with Gasteiger partial charge in [0.05, 0.1) is 43.6 Å². The van der Waals surface area contributed by atoms with E-state index in [-0.39, 0.29) is 50.1 Å². The first-order chi connectivity index (χ1) is 21.9. The molecule has 0 saturated heterocycles. The molecule has 0 rings (SSSR count). The number of rotatable bonds is 24. The molecule has 0 aliphatic heterocycles. The van der Waals surface area contributed by atoms with Crippen molar-refractivity contribution in [2.24, 2.45) is 11.5 Å². The van der Waals surface area contributed by atoms with E-state index in [1.54, 1.807) is 0 Å². The van der Waals surface area contributed by atoms with Crippen LogP contribution in [0.2, 0.25) is 0 Å². The standard InChI is InChI=1S/C28H53N7O11S/c1-27(2,8-7-22(38)34-13-21(30)37)44-11-9-28(3,4)45-12-10-33-24(40)20(14-36)35-23(39)19(29)17-47-16-18(46-26(42)32-6)15-43-25(41)31-5/h18-20,36H,7-17,29H2,1-6H3,(H2,30,37)(H,31,41)(H,32,42)(H,33,40)(H,34,38)(H,35,39)/t18-,19+,20+/m1/s1. The largest absolute Gasteiger partial charge is 0.446 e. The van der Waals surface area contributed by atoms with Crippen molar-refractivity contribution in [1.29, 1.82) is 0 Å². The van der Waals surface area contributed by atoms with Gasteiger partial charge in [-0.1, -0.05) is 0 Å². The van der Waals surface area contributed by atoms with Gasteiger partial charge in [0.1, 0.15) is 18.8 Å². The first-order valence-electron chi connectivity index (χ1n) is 15.0. The second kappa shape index (κ2) is 23.0. The first-order valence-corrected chi connectivity index (χ1v) is 16.2. The number of aliphatic hydroxyl groups is 1. The Hall–Kier alpha value is -3.39. The fourth-order valence-corrected chi connectivity index (χ4v) is 4.44. The number of thioether (sulfide) groups is 1. The van der Waals surface area contributed by atoms with Crippen LogP contribution < -0.4 is 38.1 Å². The van der Waals surface area contributed by atoms with E-state index in [9.17, 15) is 33.9 Å². The molecule has 47 heavy (non-hydrogen) atoms. The molecule has 272 valence electrons. The van der Waals surface area contributed by atoms with Crippen molar-refractivity contribution < 1.29 is 52.8 Å². The smallest absolute Gasteiger partial charge is 0.407 e. The Morgan fingerprint density at radius 3 is 2.06 bits per heavy atom. The summed E-state index contributed by atoms with van der Waals surface area (Å²) in [4.78, 5) is 70.6. The fourth-order valence-electron chi connectivity index (χ4n) is 3.47. The van der Waals surface area contributed by atoms with Crippen molar-refractivity contribution >= 4 is 47.6 Å². The van der Waals surface area contributed by atoms with Crippen molar-refractivity contribution in [3.8, 4) is 0 Å². The number of ether oxygens (including phenoxy) is 4. The topological polar surface area (TPSA) is 272 Å². The SMILES string of the molecule is CNC(=O)OC[C@H](CSC[C@H](N)C(=O)N[C@@H](CO)C(=O)NCCOC(C)(C)CCOC(C)(C)CCC(=O)NCC(N)=O)OC(=O)NC. The lowest BCUT2D eigenvalue weighted by Gasteiger charge is -2.30. The molecule has 0 aromatic rings. The van der Waals surface area contributed by atoms with E-state index in [0.29, 0.717) is 19.4 Å². The normalized spacial score (nSPS) is 13.4. The predicted molar refractivity (Wildman–Crippen MR) is 173 cm³/mol. The Morgan fingerprint density at radius 1 is 0.851 bits per heavy atom. The number of carbonyl (C=O) groups excluding carboxylic acids is 6. The van der Waals surface area contributed by atoms with Gasteiger partial charge in [-0.25, -0.2) is 9.59 Å². The minimum Gasteiger partial charge on any atom is -0.446 e. The number of nitrogens with one attached hydrogen (secondary N) is 5. The molecule has 0 saturated carbocycles. The van der Waals surface area contributed by atoms with E-state index >= 15 is 0 Å². The molecule has 6 amide bonds. The second-order valence-corrected chi connectivity index (χ2v) is 12.6.